The standard InChI is InChI=1S/C24H33N3O2.HI/c1-5-25-24(26-17-20-16-21(20)19-9-7-6-8-10-19)27(2)14-13-18-11-12-22(28-3)23(15-18)29-4;/h6-12,15,20-21H,5,13-14,16-17H2,1-4H3,(H,25,26);1H. The Bertz CT molecular complexity index is 813. The number of benzene rings is 2. The fraction of sp³-hybridized carbons (Fsp3) is 0.458. The van der Waals surface area contributed by atoms with Gasteiger partial charge in [-0.1, -0.05) is 36.4 Å². The number of hydrogen-bond acceptors (Lipinski definition) is 3. The minimum absolute atomic E-state index is 0. The van der Waals surface area contributed by atoms with Gasteiger partial charge in [-0.3, -0.25) is 4.99 Å². The second-order valence-corrected chi connectivity index (χ2v) is 7.57. The number of guanidine groups is 1. The number of nitrogens with zero attached hydrogens (tertiary/aromatic N) is 2. The van der Waals surface area contributed by atoms with Crippen LogP contribution in [0.15, 0.2) is 53.5 Å². The molecule has 6 heteroatoms. The summed E-state index contributed by atoms with van der Waals surface area (Å²) in [5.41, 5.74) is 2.66. The van der Waals surface area contributed by atoms with Crippen LogP contribution in [0.2, 0.25) is 0 Å². The van der Waals surface area contributed by atoms with Gasteiger partial charge in [0.25, 0.3) is 0 Å². The van der Waals surface area contributed by atoms with Gasteiger partial charge in [0.15, 0.2) is 17.5 Å². The lowest BCUT2D eigenvalue weighted by Gasteiger charge is -2.22. The Morgan fingerprint density at radius 2 is 1.83 bits per heavy atom. The fourth-order valence-electron chi connectivity index (χ4n) is 3.67. The van der Waals surface area contributed by atoms with E-state index in [9.17, 15) is 0 Å². The van der Waals surface area contributed by atoms with Crippen LogP contribution in [0.4, 0.5) is 0 Å². The van der Waals surface area contributed by atoms with Gasteiger partial charge in [0, 0.05) is 26.7 Å². The molecule has 0 heterocycles. The Morgan fingerprint density at radius 1 is 1.10 bits per heavy atom. The molecule has 3 rings (SSSR count). The van der Waals surface area contributed by atoms with E-state index in [1.165, 1.54) is 17.5 Å². The van der Waals surface area contributed by atoms with Crippen molar-refractivity contribution in [2.45, 2.75) is 25.7 Å². The topological polar surface area (TPSA) is 46.1 Å². The molecule has 2 unspecified atom stereocenters. The molecule has 0 saturated heterocycles. The van der Waals surface area contributed by atoms with E-state index in [-0.39, 0.29) is 24.0 Å². The first kappa shape index (κ1) is 24.3. The number of hydrogen-bond donors (Lipinski definition) is 1. The van der Waals surface area contributed by atoms with Crippen LogP contribution < -0.4 is 14.8 Å². The number of methoxy groups -OCH3 is 2. The van der Waals surface area contributed by atoms with Crippen molar-refractivity contribution >= 4 is 29.9 Å². The van der Waals surface area contributed by atoms with Gasteiger partial charge < -0.3 is 19.7 Å². The van der Waals surface area contributed by atoms with Crippen molar-refractivity contribution in [3.63, 3.8) is 0 Å². The van der Waals surface area contributed by atoms with E-state index in [4.69, 9.17) is 14.5 Å². The third kappa shape index (κ3) is 6.52. The third-order valence-electron chi connectivity index (χ3n) is 5.51. The van der Waals surface area contributed by atoms with E-state index in [0.717, 1.165) is 43.5 Å². The van der Waals surface area contributed by atoms with Crippen LogP contribution in [0.5, 0.6) is 11.5 Å². The van der Waals surface area contributed by atoms with Crippen molar-refractivity contribution < 1.29 is 9.47 Å². The molecule has 1 N–H and O–H groups in total. The van der Waals surface area contributed by atoms with Crippen molar-refractivity contribution in [3.8, 4) is 11.5 Å². The minimum atomic E-state index is 0. The van der Waals surface area contributed by atoms with Crippen LogP contribution >= 0.6 is 24.0 Å². The second kappa shape index (κ2) is 12.0. The van der Waals surface area contributed by atoms with Crippen LogP contribution in [-0.2, 0) is 6.42 Å². The van der Waals surface area contributed by atoms with Crippen molar-refractivity contribution in [2.75, 3.05) is 40.9 Å². The van der Waals surface area contributed by atoms with Crippen molar-refractivity contribution in [1.29, 1.82) is 0 Å². The number of aliphatic imine (C=N–C) groups is 1. The van der Waals surface area contributed by atoms with E-state index in [2.05, 4.69) is 60.6 Å². The lowest BCUT2D eigenvalue weighted by atomic mass is 10.1. The van der Waals surface area contributed by atoms with Gasteiger partial charge in [0.05, 0.1) is 14.2 Å². The predicted octanol–water partition coefficient (Wildman–Crippen LogP) is 4.57. The molecule has 0 aromatic heterocycles. The molecule has 2 atom stereocenters. The third-order valence-corrected chi connectivity index (χ3v) is 5.51. The SMILES string of the molecule is CCNC(=NCC1CC1c1ccccc1)N(C)CCc1ccc(OC)c(OC)c1.I. The maximum absolute atomic E-state index is 5.41. The smallest absolute Gasteiger partial charge is 0.193 e. The molecular weight excluding hydrogens is 489 g/mol. The molecule has 0 bridgehead atoms. The molecule has 0 spiro atoms. The van der Waals surface area contributed by atoms with Crippen LogP contribution in [-0.4, -0.2) is 51.8 Å². The number of likely N-dealkylation sites (N-methyl/N-ethyl adjacent to an activating group) is 1. The molecule has 1 fully saturated rings. The number of nitrogens with one attached hydrogen (secondary N) is 1. The highest BCUT2D eigenvalue weighted by atomic mass is 127. The van der Waals surface area contributed by atoms with E-state index < -0.39 is 0 Å². The summed E-state index contributed by atoms with van der Waals surface area (Å²) in [7, 11) is 5.43. The van der Waals surface area contributed by atoms with E-state index in [1.54, 1.807) is 14.2 Å². The van der Waals surface area contributed by atoms with E-state index in [0.29, 0.717) is 11.8 Å². The van der Waals surface area contributed by atoms with E-state index >= 15 is 0 Å². The molecule has 1 aliphatic rings. The molecule has 0 aliphatic heterocycles. The van der Waals surface area contributed by atoms with Gasteiger partial charge in [0.1, 0.15) is 0 Å². The Morgan fingerprint density at radius 3 is 2.50 bits per heavy atom. The predicted molar refractivity (Wildman–Crippen MR) is 135 cm³/mol. The Balaban J connectivity index is 0.00000320. The summed E-state index contributed by atoms with van der Waals surface area (Å²) in [4.78, 5) is 7.12. The Labute approximate surface area is 197 Å². The van der Waals surface area contributed by atoms with Crippen LogP contribution in [0, 0.1) is 5.92 Å². The lowest BCUT2D eigenvalue weighted by molar-refractivity contribution is 0.354. The monoisotopic (exact) mass is 523 g/mol. The first-order valence-corrected chi connectivity index (χ1v) is 10.4. The zero-order chi connectivity index (χ0) is 20.6. The number of rotatable bonds is 9. The Hall–Kier alpha value is -1.96. The van der Waals surface area contributed by atoms with Crippen molar-refractivity contribution in [2.24, 2.45) is 10.9 Å². The van der Waals surface area contributed by atoms with Gasteiger partial charge in [0.2, 0.25) is 0 Å². The van der Waals surface area contributed by atoms with Crippen LogP contribution in [0.1, 0.15) is 30.4 Å². The first-order valence-electron chi connectivity index (χ1n) is 10.4. The summed E-state index contributed by atoms with van der Waals surface area (Å²) < 4.78 is 10.7. The first-order chi connectivity index (χ1) is 14.2. The summed E-state index contributed by atoms with van der Waals surface area (Å²) in [5.74, 6) is 3.84. The number of halogens is 1. The summed E-state index contributed by atoms with van der Waals surface area (Å²) in [6.07, 6.45) is 2.15. The van der Waals surface area contributed by atoms with Gasteiger partial charge in [-0.15, -0.1) is 24.0 Å². The molecule has 2 aromatic carbocycles. The second-order valence-electron chi connectivity index (χ2n) is 7.57. The highest BCUT2D eigenvalue weighted by Gasteiger charge is 2.37. The van der Waals surface area contributed by atoms with Gasteiger partial charge in [-0.05, 0) is 54.9 Å². The highest BCUT2D eigenvalue weighted by Crippen LogP contribution is 2.47. The van der Waals surface area contributed by atoms with Gasteiger partial charge in [-0.25, -0.2) is 0 Å². The highest BCUT2D eigenvalue weighted by molar-refractivity contribution is 14.0. The zero-order valence-electron chi connectivity index (χ0n) is 18.4. The molecule has 30 heavy (non-hydrogen) atoms. The summed E-state index contributed by atoms with van der Waals surface area (Å²) in [5, 5.41) is 3.43. The van der Waals surface area contributed by atoms with Crippen LogP contribution in [0.25, 0.3) is 0 Å². The fourth-order valence-corrected chi connectivity index (χ4v) is 3.67. The quantitative estimate of drug-likeness (QED) is 0.297. The molecule has 5 nitrogen and oxygen atoms in total. The molecule has 2 aromatic rings. The maximum Gasteiger partial charge on any atom is 0.193 e. The molecule has 0 radical (unpaired) electrons. The molecule has 1 aliphatic carbocycles. The molecule has 0 amide bonds. The summed E-state index contributed by atoms with van der Waals surface area (Å²) in [6.45, 7) is 4.74. The maximum atomic E-state index is 5.41. The average Bonchev–Trinajstić information content (AvgIpc) is 3.55. The lowest BCUT2D eigenvalue weighted by Crippen LogP contribution is -2.40. The summed E-state index contributed by atoms with van der Waals surface area (Å²) in [6, 6.07) is 16.9. The average molecular weight is 523 g/mol. The van der Waals surface area contributed by atoms with Crippen LogP contribution in [0.3, 0.4) is 0 Å². The van der Waals surface area contributed by atoms with Crippen molar-refractivity contribution in [1.82, 2.24) is 10.2 Å². The number of ether oxygens (including phenoxy) is 2. The molecule has 1 saturated carbocycles. The normalized spacial score (nSPS) is 17.7. The van der Waals surface area contributed by atoms with Crippen molar-refractivity contribution in [3.05, 3.63) is 59.7 Å². The van der Waals surface area contributed by atoms with E-state index in [1.807, 2.05) is 12.1 Å². The van der Waals surface area contributed by atoms with Gasteiger partial charge in [-0.2, -0.15) is 0 Å². The van der Waals surface area contributed by atoms with Gasteiger partial charge >= 0.3 is 0 Å². The zero-order valence-corrected chi connectivity index (χ0v) is 20.8. The Kier molecular flexibility index (Phi) is 9.75. The molecule has 164 valence electrons. The largest absolute Gasteiger partial charge is 0.493 e. The summed E-state index contributed by atoms with van der Waals surface area (Å²) >= 11 is 0. The minimum Gasteiger partial charge on any atom is -0.493 e. The molecular formula is C24H34IN3O2.